The fourth-order valence-corrected chi connectivity index (χ4v) is 0.969. The summed E-state index contributed by atoms with van der Waals surface area (Å²) >= 11 is 0. The Morgan fingerprint density at radius 3 is 2.07 bits per heavy atom. The number of rotatable bonds is 3. The Morgan fingerprint density at radius 1 is 1.13 bits per heavy atom. The summed E-state index contributed by atoms with van der Waals surface area (Å²) < 4.78 is 9.89. The first-order valence-corrected chi connectivity index (χ1v) is 4.09. The summed E-state index contributed by atoms with van der Waals surface area (Å²) in [4.78, 5) is 10.6. The van der Waals surface area contributed by atoms with Gasteiger partial charge in [0.15, 0.2) is 11.5 Å². The summed E-state index contributed by atoms with van der Waals surface area (Å²) in [6.45, 7) is 0. The van der Waals surface area contributed by atoms with Gasteiger partial charge in [0.2, 0.25) is 0 Å². The highest BCUT2D eigenvalue weighted by Gasteiger charge is 2.08. The minimum atomic E-state index is -0.985. The lowest BCUT2D eigenvalue weighted by atomic mass is 10.2. The fraction of sp³-hybridized carbons (Fsp3) is 0.300. The number of hydrogen-bond acceptors (Lipinski definition) is 4. The molecule has 0 unspecified atom stereocenters. The van der Waals surface area contributed by atoms with Crippen LogP contribution in [0.25, 0.3) is 0 Å². The van der Waals surface area contributed by atoms with Gasteiger partial charge in [-0.05, 0) is 18.2 Å². The van der Waals surface area contributed by atoms with E-state index in [1.807, 2.05) is 0 Å². The highest BCUT2D eigenvalue weighted by molar-refractivity contribution is 5.88. The third-order valence-electron chi connectivity index (χ3n) is 1.63. The first-order valence-electron chi connectivity index (χ1n) is 4.09. The molecule has 0 aliphatic carbocycles. The van der Waals surface area contributed by atoms with Crippen molar-refractivity contribution in [1.29, 1.82) is 0 Å². The van der Waals surface area contributed by atoms with Crippen LogP contribution in [0.2, 0.25) is 0 Å². The van der Waals surface area contributed by atoms with Gasteiger partial charge >= 0.3 is 5.97 Å². The molecule has 2 N–H and O–H groups in total. The Morgan fingerprint density at radius 2 is 1.67 bits per heavy atom. The molecule has 1 aromatic carbocycles. The van der Waals surface area contributed by atoms with Crippen molar-refractivity contribution in [2.75, 3.05) is 21.3 Å². The van der Waals surface area contributed by atoms with Crippen LogP contribution in [-0.2, 0) is 0 Å². The zero-order chi connectivity index (χ0) is 11.8. The first-order chi connectivity index (χ1) is 7.19. The van der Waals surface area contributed by atoms with Crippen LogP contribution in [-0.4, -0.2) is 37.5 Å². The highest BCUT2D eigenvalue weighted by atomic mass is 16.5. The van der Waals surface area contributed by atoms with Gasteiger partial charge in [0.1, 0.15) is 0 Å². The second kappa shape index (κ2) is 6.67. The molecule has 0 radical (unpaired) electrons. The number of aliphatic hydroxyl groups is 1. The predicted octanol–water partition coefficient (Wildman–Crippen LogP) is 1.01. The van der Waals surface area contributed by atoms with Gasteiger partial charge in [0, 0.05) is 7.11 Å². The number of carbonyl (C=O) groups is 1. The quantitative estimate of drug-likeness (QED) is 0.785. The van der Waals surface area contributed by atoms with E-state index in [-0.39, 0.29) is 5.56 Å². The van der Waals surface area contributed by atoms with Gasteiger partial charge in [-0.15, -0.1) is 0 Å². The zero-order valence-electron chi connectivity index (χ0n) is 8.85. The first kappa shape index (κ1) is 13.2. The van der Waals surface area contributed by atoms with E-state index < -0.39 is 5.97 Å². The van der Waals surface area contributed by atoms with Crippen molar-refractivity contribution in [3.63, 3.8) is 0 Å². The summed E-state index contributed by atoms with van der Waals surface area (Å²) in [5, 5.41) is 15.7. The lowest BCUT2D eigenvalue weighted by Gasteiger charge is -2.07. The van der Waals surface area contributed by atoms with E-state index in [4.69, 9.17) is 19.7 Å². The summed E-state index contributed by atoms with van der Waals surface area (Å²) in [6.07, 6.45) is 0. The van der Waals surface area contributed by atoms with Gasteiger partial charge in [-0.2, -0.15) is 0 Å². The van der Waals surface area contributed by atoms with Gasteiger partial charge in [0.05, 0.1) is 19.8 Å². The molecule has 0 bridgehead atoms. The molecule has 0 amide bonds. The SMILES string of the molecule is CO.COc1ccc(C(=O)O)cc1OC. The third-order valence-corrected chi connectivity index (χ3v) is 1.63. The minimum absolute atomic E-state index is 0.178. The molecule has 1 rings (SSSR count). The normalized spacial score (nSPS) is 8.53. The molecular weight excluding hydrogens is 200 g/mol. The van der Waals surface area contributed by atoms with Gasteiger partial charge in [-0.25, -0.2) is 4.79 Å². The molecule has 0 saturated carbocycles. The molecule has 0 aromatic heterocycles. The number of methoxy groups -OCH3 is 2. The number of carboxylic acids is 1. The lowest BCUT2D eigenvalue weighted by Crippen LogP contribution is -1.98. The standard InChI is InChI=1S/C9H10O4.CH4O/c1-12-7-4-3-6(9(10)11)5-8(7)13-2;1-2/h3-5H,1-2H3,(H,10,11);2H,1H3. The number of ether oxygens (including phenoxy) is 2. The van der Waals surface area contributed by atoms with Crippen molar-refractivity contribution < 1.29 is 24.5 Å². The van der Waals surface area contributed by atoms with Crippen molar-refractivity contribution >= 4 is 5.97 Å². The fourth-order valence-electron chi connectivity index (χ4n) is 0.969. The second-order valence-electron chi connectivity index (χ2n) is 2.37. The number of benzene rings is 1. The van der Waals surface area contributed by atoms with Crippen molar-refractivity contribution in [2.45, 2.75) is 0 Å². The van der Waals surface area contributed by atoms with Gasteiger partial charge < -0.3 is 19.7 Å². The van der Waals surface area contributed by atoms with Crippen molar-refractivity contribution in [1.82, 2.24) is 0 Å². The van der Waals surface area contributed by atoms with E-state index in [9.17, 15) is 4.79 Å². The van der Waals surface area contributed by atoms with E-state index in [1.54, 1.807) is 6.07 Å². The average Bonchev–Trinajstić information content (AvgIpc) is 2.30. The number of hydrogen-bond donors (Lipinski definition) is 2. The van der Waals surface area contributed by atoms with E-state index in [1.165, 1.54) is 26.4 Å². The summed E-state index contributed by atoms with van der Waals surface area (Å²) in [7, 11) is 3.96. The van der Waals surface area contributed by atoms with E-state index >= 15 is 0 Å². The summed E-state index contributed by atoms with van der Waals surface area (Å²) in [5.74, 6) is -0.0455. The second-order valence-corrected chi connectivity index (χ2v) is 2.37. The van der Waals surface area contributed by atoms with Crippen molar-refractivity contribution in [3.8, 4) is 11.5 Å². The molecule has 5 nitrogen and oxygen atoms in total. The Kier molecular flexibility index (Phi) is 5.89. The monoisotopic (exact) mass is 214 g/mol. The third kappa shape index (κ3) is 3.47. The van der Waals surface area contributed by atoms with Crippen LogP contribution in [0, 0.1) is 0 Å². The molecule has 0 atom stereocenters. The maximum absolute atomic E-state index is 10.6. The van der Waals surface area contributed by atoms with Gasteiger partial charge in [-0.1, -0.05) is 0 Å². The largest absolute Gasteiger partial charge is 0.493 e. The van der Waals surface area contributed by atoms with Crippen molar-refractivity contribution in [2.24, 2.45) is 0 Å². The highest BCUT2D eigenvalue weighted by Crippen LogP contribution is 2.27. The predicted molar refractivity (Wildman–Crippen MR) is 54.6 cm³/mol. The minimum Gasteiger partial charge on any atom is -0.493 e. The molecule has 1 aromatic rings. The molecule has 84 valence electrons. The molecule has 5 heteroatoms. The molecule has 0 aliphatic heterocycles. The molecule has 0 spiro atoms. The lowest BCUT2D eigenvalue weighted by molar-refractivity contribution is 0.0696. The molecule has 0 aliphatic rings. The Balaban J connectivity index is 0.000000921. The number of aliphatic hydroxyl groups excluding tert-OH is 1. The smallest absolute Gasteiger partial charge is 0.335 e. The van der Waals surface area contributed by atoms with Crippen molar-refractivity contribution in [3.05, 3.63) is 23.8 Å². The maximum atomic E-state index is 10.6. The molecule has 15 heavy (non-hydrogen) atoms. The number of carboxylic acid groups (broad SMARTS) is 1. The van der Waals surface area contributed by atoms with E-state index in [0.29, 0.717) is 11.5 Å². The van der Waals surface area contributed by atoms with Crippen LogP contribution < -0.4 is 9.47 Å². The van der Waals surface area contributed by atoms with Crippen LogP contribution in [0.15, 0.2) is 18.2 Å². The molecule has 0 fully saturated rings. The van der Waals surface area contributed by atoms with Gasteiger partial charge in [-0.3, -0.25) is 0 Å². The van der Waals surface area contributed by atoms with E-state index in [2.05, 4.69) is 0 Å². The van der Waals surface area contributed by atoms with E-state index in [0.717, 1.165) is 7.11 Å². The zero-order valence-corrected chi connectivity index (χ0v) is 8.85. The van der Waals surface area contributed by atoms with Gasteiger partial charge in [0.25, 0.3) is 0 Å². The van der Waals surface area contributed by atoms with Crippen LogP contribution in [0.4, 0.5) is 0 Å². The topological polar surface area (TPSA) is 76.0 Å². The van der Waals surface area contributed by atoms with Crippen LogP contribution in [0.3, 0.4) is 0 Å². The molecule has 0 heterocycles. The Labute approximate surface area is 87.9 Å². The van der Waals surface area contributed by atoms with Crippen LogP contribution in [0.5, 0.6) is 11.5 Å². The Hall–Kier alpha value is -1.75. The number of aromatic carboxylic acids is 1. The average molecular weight is 214 g/mol. The molecule has 0 saturated heterocycles. The summed E-state index contributed by atoms with van der Waals surface area (Å²) in [5.41, 5.74) is 0.178. The molecular formula is C10H14O5. The Bertz CT molecular complexity index is 322. The maximum Gasteiger partial charge on any atom is 0.335 e. The van der Waals surface area contributed by atoms with Crippen LogP contribution in [0.1, 0.15) is 10.4 Å². The van der Waals surface area contributed by atoms with Crippen LogP contribution >= 0.6 is 0 Å². The summed E-state index contributed by atoms with van der Waals surface area (Å²) in [6, 6.07) is 4.44.